The van der Waals surface area contributed by atoms with E-state index in [-0.39, 0.29) is 9.49 Å². The van der Waals surface area contributed by atoms with Crippen molar-refractivity contribution >= 4 is 35.8 Å². The quantitative estimate of drug-likeness (QED) is 0.426. The predicted octanol–water partition coefficient (Wildman–Crippen LogP) is 5.05. The van der Waals surface area contributed by atoms with E-state index in [1.807, 2.05) is 38.1 Å². The van der Waals surface area contributed by atoms with Crippen LogP contribution in [0.3, 0.4) is 0 Å². The van der Waals surface area contributed by atoms with Crippen molar-refractivity contribution in [2.75, 3.05) is 18.8 Å². The van der Waals surface area contributed by atoms with Gasteiger partial charge in [0.1, 0.15) is 0 Å². The van der Waals surface area contributed by atoms with Crippen LogP contribution in [0.25, 0.3) is 10.6 Å². The standard InChI is InChI=1S/C17H24N2S2.O.Tc/c1-6-11-21-17(4,5)13-19-15-10-8-7-9-14(15)18-12-16(2,3)20;;/h1,7-10,20H,11-13H2,2-5H3;;/q-2;;+3/p-1. The van der Waals surface area contributed by atoms with E-state index >= 15 is 0 Å². The molecule has 0 amide bonds. The van der Waals surface area contributed by atoms with E-state index < -0.39 is 0 Å². The summed E-state index contributed by atoms with van der Waals surface area (Å²) in [7, 11) is 0. The number of nitrogens with zero attached hydrogens (tertiary/aromatic N) is 2. The Morgan fingerprint density at radius 3 is 2.04 bits per heavy atom. The van der Waals surface area contributed by atoms with E-state index in [9.17, 15) is 0 Å². The molecule has 0 unspecified atom stereocenters. The fourth-order valence-electron chi connectivity index (χ4n) is 1.57. The molecule has 23 heavy (non-hydrogen) atoms. The Balaban J connectivity index is 0.00000232. The molecule has 1 aromatic rings. The maximum atomic E-state index is 8.22. The molecule has 0 saturated heterocycles. The molecule has 1 aromatic carbocycles. The Morgan fingerprint density at radius 2 is 1.61 bits per heavy atom. The second-order valence-electron chi connectivity index (χ2n) is 6.13. The van der Waals surface area contributed by atoms with Gasteiger partial charge < -0.3 is 23.3 Å². The van der Waals surface area contributed by atoms with Gasteiger partial charge in [-0.2, -0.15) is 16.1 Å². The van der Waals surface area contributed by atoms with Crippen molar-refractivity contribution in [3.8, 4) is 12.3 Å². The van der Waals surface area contributed by atoms with E-state index in [1.54, 1.807) is 11.8 Å². The van der Waals surface area contributed by atoms with Crippen molar-refractivity contribution < 1.29 is 22.4 Å². The average Bonchev–Trinajstić information content (AvgIpc) is 2.51. The monoisotopic (exact) mass is 432 g/mol. The molecule has 1 rings (SSSR count). The summed E-state index contributed by atoms with van der Waals surface area (Å²) >= 11 is 8.00. The van der Waals surface area contributed by atoms with Gasteiger partial charge in [0.2, 0.25) is 0 Å². The van der Waals surface area contributed by atoms with E-state index in [0.29, 0.717) is 18.8 Å². The van der Waals surface area contributed by atoms with Crippen molar-refractivity contribution in [3.05, 3.63) is 34.9 Å². The summed E-state index contributed by atoms with van der Waals surface area (Å²) in [6.45, 7) is 9.65. The number of hydrogen-bond donors (Lipinski definition) is 0. The van der Waals surface area contributed by atoms with Crippen molar-refractivity contribution in [3.63, 3.8) is 0 Å². The molecule has 0 N–H and O–H groups in total. The van der Waals surface area contributed by atoms with Crippen LogP contribution >= 0.6 is 11.8 Å². The molecule has 0 aliphatic carbocycles. The molecule has 0 saturated carbocycles. The first-order valence-corrected chi connectivity index (χ1v) is 9.26. The molecule has 0 radical (unpaired) electrons. The Morgan fingerprint density at radius 1 is 1.13 bits per heavy atom. The topological polar surface area (TPSA) is 45.3 Å². The van der Waals surface area contributed by atoms with E-state index in [1.165, 1.54) is 0 Å². The van der Waals surface area contributed by atoms with Crippen molar-refractivity contribution in [1.29, 1.82) is 0 Å². The first-order valence-electron chi connectivity index (χ1n) is 7.11. The van der Waals surface area contributed by atoms with Gasteiger partial charge in [-0.05, 0) is 4.75 Å². The van der Waals surface area contributed by atoms with Crippen LogP contribution in [-0.4, -0.2) is 28.3 Å². The predicted molar refractivity (Wildman–Crippen MR) is 99.7 cm³/mol. The third-order valence-electron chi connectivity index (χ3n) is 2.69. The molecule has 0 aromatic heterocycles. The number of hydrogen-bond acceptors (Lipinski definition) is 3. The molecule has 0 atom stereocenters. The molecular weight excluding hydrogens is 410 g/mol. The third kappa shape index (κ3) is 10.8. The minimum absolute atomic E-state index is 0.0246. The van der Waals surface area contributed by atoms with Crippen LogP contribution in [0.2, 0.25) is 0 Å². The molecule has 126 valence electrons. The van der Waals surface area contributed by atoms with Gasteiger partial charge in [-0.1, -0.05) is 57.9 Å². The number of thioether (sulfide) groups is 1. The zero-order valence-corrected chi connectivity index (χ0v) is 17.5. The van der Waals surface area contributed by atoms with E-state index in [4.69, 9.17) is 27.9 Å². The zero-order chi connectivity index (χ0) is 17.9. The summed E-state index contributed by atoms with van der Waals surface area (Å²) in [6.07, 6.45) is 5.32. The molecule has 6 heteroatoms. The fraction of sp³-hybridized carbons (Fsp3) is 0.529. The van der Waals surface area contributed by atoms with Gasteiger partial charge in [-0.3, -0.25) is 0 Å². The van der Waals surface area contributed by atoms with E-state index in [2.05, 4.69) is 25.1 Å². The summed E-state index contributed by atoms with van der Waals surface area (Å²) in [5.41, 5.74) is 1.83. The third-order valence-corrected chi connectivity index (χ3v) is 4.04. The summed E-state index contributed by atoms with van der Waals surface area (Å²) in [4.78, 5) is 0. The maximum absolute atomic E-state index is 8.22. The molecule has 0 aliphatic rings. The van der Waals surface area contributed by atoms with Crippen molar-refractivity contribution in [1.82, 2.24) is 0 Å². The molecule has 0 bridgehead atoms. The Labute approximate surface area is 161 Å². The molecule has 0 aliphatic heterocycles. The summed E-state index contributed by atoms with van der Waals surface area (Å²) in [5, 5.41) is 9.32. The fourth-order valence-corrected chi connectivity index (χ4v) is 2.26. The van der Waals surface area contributed by atoms with Crippen LogP contribution in [0, 0.1) is 12.3 Å². The van der Waals surface area contributed by atoms with Gasteiger partial charge in [-0.25, -0.2) is 0 Å². The van der Waals surface area contributed by atoms with E-state index in [0.717, 1.165) is 30.2 Å². The Kier molecular flexibility index (Phi) is 10.9. The van der Waals surface area contributed by atoms with Gasteiger partial charge >= 0.3 is 22.4 Å². The minimum atomic E-state index is -0.227. The number of rotatable bonds is 8. The van der Waals surface area contributed by atoms with Crippen LogP contribution < -0.4 is 0 Å². The number of terminal acetylenes is 1. The van der Waals surface area contributed by atoms with Crippen molar-refractivity contribution in [2.45, 2.75) is 37.2 Å². The van der Waals surface area contributed by atoms with Crippen LogP contribution in [0.1, 0.15) is 27.7 Å². The van der Waals surface area contributed by atoms with Crippen LogP contribution in [0.5, 0.6) is 0 Å². The second-order valence-corrected chi connectivity index (χ2v) is 8.92. The average molecular weight is 434 g/mol. The normalized spacial score (nSPS) is 10.9. The second kappa shape index (κ2) is 11.1. The Hall–Kier alpha value is -0.471. The van der Waals surface area contributed by atoms with Gasteiger partial charge in [0.15, 0.2) is 0 Å². The van der Waals surface area contributed by atoms with Gasteiger partial charge in [0, 0.05) is 0 Å². The molecular formula is C17H23N2OS2Tc. The van der Waals surface area contributed by atoms with Gasteiger partial charge in [-0.15, -0.1) is 31.3 Å². The summed E-state index contributed by atoms with van der Waals surface area (Å²) < 4.78 is 8.02. The first kappa shape index (κ1) is 22.5. The molecule has 3 nitrogen and oxygen atoms in total. The SMILES string of the molecule is C#CCSC(C)(C)C[N-]c1ccccc1[N-]CC(C)(C)[S-].[O]=[Tc+3]. The van der Waals surface area contributed by atoms with Crippen LogP contribution in [0.4, 0.5) is 11.4 Å². The van der Waals surface area contributed by atoms with Crippen LogP contribution in [0.15, 0.2) is 24.3 Å². The Bertz CT molecular complexity index is 510. The van der Waals surface area contributed by atoms with Gasteiger partial charge in [0.25, 0.3) is 0 Å². The summed E-state index contributed by atoms with van der Waals surface area (Å²) in [6, 6.07) is 7.95. The molecule has 0 heterocycles. The molecule has 0 spiro atoms. The summed E-state index contributed by atoms with van der Waals surface area (Å²) in [5.74, 6) is 3.37. The van der Waals surface area contributed by atoms with Crippen LogP contribution in [-0.2, 0) is 35.0 Å². The van der Waals surface area contributed by atoms with Gasteiger partial charge in [0.05, 0.1) is 5.75 Å². The first-order chi connectivity index (χ1) is 10.7. The zero-order valence-electron chi connectivity index (χ0n) is 14.0. The number of para-hydroxylation sites is 2. The number of benzene rings is 1. The van der Waals surface area contributed by atoms with Crippen molar-refractivity contribution in [2.24, 2.45) is 0 Å². The molecule has 0 fully saturated rings.